The highest BCUT2D eigenvalue weighted by Crippen LogP contribution is 2.23. The third kappa shape index (κ3) is 3.00. The van der Waals surface area contributed by atoms with E-state index in [9.17, 15) is 9.59 Å². The Labute approximate surface area is 103 Å². The molecule has 1 aromatic rings. The van der Waals surface area contributed by atoms with Crippen LogP contribution in [0.1, 0.15) is 16.8 Å². The number of hydrogen-bond acceptors (Lipinski definition) is 4. The average molecular weight is 252 g/mol. The number of rotatable bonds is 4. The SMILES string of the molecule is O=C(O)C(=O)c1cccc(OC2CCSC2)c1. The Morgan fingerprint density at radius 2 is 2.24 bits per heavy atom. The molecule has 0 amide bonds. The molecule has 1 saturated heterocycles. The number of aliphatic carboxylic acids is 1. The van der Waals surface area contributed by atoms with Gasteiger partial charge in [-0.1, -0.05) is 12.1 Å². The third-order valence-corrected chi connectivity index (χ3v) is 3.61. The van der Waals surface area contributed by atoms with Crippen LogP contribution in [0.2, 0.25) is 0 Å². The first kappa shape index (κ1) is 12.0. The van der Waals surface area contributed by atoms with Gasteiger partial charge in [0.25, 0.3) is 5.78 Å². The highest BCUT2D eigenvalue weighted by atomic mass is 32.2. The number of Topliss-reactive ketones (excluding diaryl/α,β-unsaturated/α-hetero) is 1. The molecule has 1 unspecified atom stereocenters. The van der Waals surface area contributed by atoms with Crippen LogP contribution in [0.5, 0.6) is 5.75 Å². The summed E-state index contributed by atoms with van der Waals surface area (Å²) in [5, 5.41) is 8.62. The third-order valence-electron chi connectivity index (χ3n) is 2.48. The number of ketones is 1. The largest absolute Gasteiger partial charge is 0.490 e. The summed E-state index contributed by atoms with van der Waals surface area (Å²) in [6, 6.07) is 6.33. The van der Waals surface area contributed by atoms with Gasteiger partial charge in [-0.25, -0.2) is 4.79 Å². The van der Waals surface area contributed by atoms with Gasteiger partial charge in [-0.2, -0.15) is 11.8 Å². The molecular weight excluding hydrogens is 240 g/mol. The van der Waals surface area contributed by atoms with Crippen molar-refractivity contribution >= 4 is 23.5 Å². The number of carboxylic acid groups (broad SMARTS) is 1. The minimum atomic E-state index is -1.45. The molecule has 1 N–H and O–H groups in total. The lowest BCUT2D eigenvalue weighted by molar-refractivity contribution is -0.131. The van der Waals surface area contributed by atoms with E-state index in [0.717, 1.165) is 17.9 Å². The van der Waals surface area contributed by atoms with Crippen LogP contribution < -0.4 is 4.74 Å². The number of carbonyl (C=O) groups is 2. The van der Waals surface area contributed by atoms with E-state index in [1.807, 2.05) is 11.8 Å². The molecule has 1 aromatic carbocycles. The standard InChI is InChI=1S/C12H12O4S/c13-11(12(14)15)8-2-1-3-9(6-8)16-10-4-5-17-7-10/h1-3,6,10H,4-5,7H2,(H,14,15). The van der Waals surface area contributed by atoms with Crippen molar-refractivity contribution in [3.05, 3.63) is 29.8 Å². The van der Waals surface area contributed by atoms with Gasteiger partial charge < -0.3 is 9.84 Å². The number of carbonyl (C=O) groups excluding carboxylic acids is 1. The van der Waals surface area contributed by atoms with Gasteiger partial charge in [-0.05, 0) is 24.3 Å². The van der Waals surface area contributed by atoms with Crippen molar-refractivity contribution in [1.29, 1.82) is 0 Å². The van der Waals surface area contributed by atoms with Crippen LogP contribution in [0.4, 0.5) is 0 Å². The van der Waals surface area contributed by atoms with E-state index in [0.29, 0.717) is 5.75 Å². The molecule has 1 atom stereocenters. The summed E-state index contributed by atoms with van der Waals surface area (Å²) in [5.74, 6) is 0.231. The number of carboxylic acids is 1. The van der Waals surface area contributed by atoms with E-state index in [2.05, 4.69) is 0 Å². The van der Waals surface area contributed by atoms with E-state index < -0.39 is 11.8 Å². The Kier molecular flexibility index (Phi) is 3.68. The van der Waals surface area contributed by atoms with Gasteiger partial charge in [0.15, 0.2) is 0 Å². The van der Waals surface area contributed by atoms with Crippen molar-refractivity contribution in [3.63, 3.8) is 0 Å². The first-order valence-electron chi connectivity index (χ1n) is 5.29. The monoisotopic (exact) mass is 252 g/mol. The van der Waals surface area contributed by atoms with Crippen LogP contribution >= 0.6 is 11.8 Å². The van der Waals surface area contributed by atoms with E-state index in [1.165, 1.54) is 12.1 Å². The normalized spacial score (nSPS) is 18.9. The number of benzene rings is 1. The Morgan fingerprint density at radius 3 is 2.88 bits per heavy atom. The first-order chi connectivity index (χ1) is 8.16. The second kappa shape index (κ2) is 5.23. The molecule has 2 rings (SSSR count). The molecule has 4 nitrogen and oxygen atoms in total. The van der Waals surface area contributed by atoms with Gasteiger partial charge in [0.1, 0.15) is 11.9 Å². The maximum atomic E-state index is 11.3. The fourth-order valence-corrected chi connectivity index (χ4v) is 2.73. The smallest absolute Gasteiger partial charge is 0.377 e. The number of ether oxygens (including phenoxy) is 1. The predicted octanol–water partition coefficient (Wildman–Crippen LogP) is 1.84. The lowest BCUT2D eigenvalue weighted by atomic mass is 10.1. The van der Waals surface area contributed by atoms with Gasteiger partial charge in [-0.15, -0.1) is 0 Å². The second-order valence-corrected chi connectivity index (χ2v) is 4.92. The highest BCUT2D eigenvalue weighted by Gasteiger charge is 2.19. The summed E-state index contributed by atoms with van der Waals surface area (Å²) < 4.78 is 5.68. The van der Waals surface area contributed by atoms with Crippen molar-refractivity contribution in [1.82, 2.24) is 0 Å². The molecule has 90 valence electrons. The molecule has 1 aliphatic heterocycles. The van der Waals surface area contributed by atoms with Crippen molar-refractivity contribution in [2.45, 2.75) is 12.5 Å². The van der Waals surface area contributed by atoms with Crippen LogP contribution in [0.15, 0.2) is 24.3 Å². The zero-order chi connectivity index (χ0) is 12.3. The predicted molar refractivity (Wildman–Crippen MR) is 64.8 cm³/mol. The summed E-state index contributed by atoms with van der Waals surface area (Å²) in [4.78, 5) is 21.8. The van der Waals surface area contributed by atoms with Crippen molar-refractivity contribution < 1.29 is 19.4 Å². The van der Waals surface area contributed by atoms with Gasteiger partial charge in [0.2, 0.25) is 0 Å². The topological polar surface area (TPSA) is 63.6 Å². The second-order valence-electron chi connectivity index (χ2n) is 3.77. The number of hydrogen-bond donors (Lipinski definition) is 1. The lowest BCUT2D eigenvalue weighted by Crippen LogP contribution is -2.16. The van der Waals surface area contributed by atoms with Crippen LogP contribution in [0.25, 0.3) is 0 Å². The quantitative estimate of drug-likeness (QED) is 0.654. The maximum absolute atomic E-state index is 11.3. The summed E-state index contributed by atoms with van der Waals surface area (Å²) in [6.07, 6.45) is 1.15. The van der Waals surface area contributed by atoms with Crippen LogP contribution in [-0.4, -0.2) is 34.5 Å². The molecule has 0 bridgehead atoms. The Bertz CT molecular complexity index is 438. The average Bonchev–Trinajstić information content (AvgIpc) is 2.81. The Morgan fingerprint density at radius 1 is 1.41 bits per heavy atom. The molecule has 17 heavy (non-hydrogen) atoms. The van der Waals surface area contributed by atoms with Crippen LogP contribution in [0.3, 0.4) is 0 Å². The van der Waals surface area contributed by atoms with Gasteiger partial charge in [0.05, 0.1) is 0 Å². The van der Waals surface area contributed by atoms with E-state index in [-0.39, 0.29) is 11.7 Å². The lowest BCUT2D eigenvalue weighted by Gasteiger charge is -2.12. The summed E-state index contributed by atoms with van der Waals surface area (Å²) in [7, 11) is 0. The van der Waals surface area contributed by atoms with Gasteiger partial charge >= 0.3 is 5.97 Å². The summed E-state index contributed by atoms with van der Waals surface area (Å²) in [5.41, 5.74) is 0.153. The summed E-state index contributed by atoms with van der Waals surface area (Å²) in [6.45, 7) is 0. The molecule has 0 spiro atoms. The van der Waals surface area contributed by atoms with E-state index in [1.54, 1.807) is 12.1 Å². The van der Waals surface area contributed by atoms with Crippen LogP contribution in [-0.2, 0) is 4.79 Å². The molecule has 5 heteroatoms. The van der Waals surface area contributed by atoms with Crippen molar-refractivity contribution in [3.8, 4) is 5.75 Å². The molecule has 0 radical (unpaired) electrons. The molecule has 1 aliphatic rings. The molecular formula is C12H12O4S. The van der Waals surface area contributed by atoms with Crippen LogP contribution in [0, 0.1) is 0 Å². The Balaban J connectivity index is 2.10. The molecule has 1 heterocycles. The molecule has 0 aromatic heterocycles. The van der Waals surface area contributed by atoms with E-state index >= 15 is 0 Å². The fraction of sp³-hybridized carbons (Fsp3) is 0.333. The van der Waals surface area contributed by atoms with E-state index in [4.69, 9.17) is 9.84 Å². The number of thioether (sulfide) groups is 1. The van der Waals surface area contributed by atoms with Crippen molar-refractivity contribution in [2.75, 3.05) is 11.5 Å². The first-order valence-corrected chi connectivity index (χ1v) is 6.44. The molecule has 0 saturated carbocycles. The zero-order valence-electron chi connectivity index (χ0n) is 9.09. The fourth-order valence-electron chi connectivity index (χ4n) is 1.63. The Hall–Kier alpha value is -1.49. The van der Waals surface area contributed by atoms with Crippen molar-refractivity contribution in [2.24, 2.45) is 0 Å². The van der Waals surface area contributed by atoms with Gasteiger partial charge in [0, 0.05) is 11.3 Å². The zero-order valence-corrected chi connectivity index (χ0v) is 9.90. The summed E-state index contributed by atoms with van der Waals surface area (Å²) >= 11 is 1.83. The molecule has 1 fully saturated rings. The minimum absolute atomic E-state index is 0.153. The maximum Gasteiger partial charge on any atom is 0.377 e. The van der Waals surface area contributed by atoms with Gasteiger partial charge in [-0.3, -0.25) is 4.79 Å². The molecule has 0 aliphatic carbocycles. The highest BCUT2D eigenvalue weighted by molar-refractivity contribution is 7.99. The minimum Gasteiger partial charge on any atom is -0.490 e.